The number of nitrogen functional groups attached to an aromatic ring is 1. The van der Waals surface area contributed by atoms with Crippen LogP contribution in [0.25, 0.3) is 0 Å². The van der Waals surface area contributed by atoms with Gasteiger partial charge in [0, 0.05) is 10.2 Å². The third-order valence-electron chi connectivity index (χ3n) is 4.06. The molecule has 3 unspecified atom stereocenters. The number of nitrogens with two attached hydrogens (primary N) is 2. The van der Waals surface area contributed by atoms with Crippen LogP contribution in [0.2, 0.25) is 0 Å². The Balaban J connectivity index is 1.84. The Bertz CT molecular complexity index is 600. The highest BCUT2D eigenvalue weighted by atomic mass is 79.9. The van der Waals surface area contributed by atoms with Gasteiger partial charge in [0.1, 0.15) is 0 Å². The SMILES string of the molecule is NNC(c1cc(Br)ccc1N)C1CC1c1ccccc1. The lowest BCUT2D eigenvalue weighted by molar-refractivity contribution is 0.488. The van der Waals surface area contributed by atoms with Crippen molar-refractivity contribution < 1.29 is 0 Å². The number of benzene rings is 2. The molecule has 104 valence electrons. The van der Waals surface area contributed by atoms with Gasteiger partial charge in [0.25, 0.3) is 0 Å². The monoisotopic (exact) mass is 331 g/mol. The van der Waals surface area contributed by atoms with Gasteiger partial charge in [-0.2, -0.15) is 0 Å². The maximum Gasteiger partial charge on any atom is 0.0514 e. The number of hydrogen-bond acceptors (Lipinski definition) is 3. The van der Waals surface area contributed by atoms with E-state index >= 15 is 0 Å². The molecule has 3 nitrogen and oxygen atoms in total. The summed E-state index contributed by atoms with van der Waals surface area (Å²) in [6.07, 6.45) is 1.14. The highest BCUT2D eigenvalue weighted by Gasteiger charge is 2.44. The van der Waals surface area contributed by atoms with Gasteiger partial charge in [0.15, 0.2) is 0 Å². The number of anilines is 1. The fourth-order valence-electron chi connectivity index (χ4n) is 2.93. The van der Waals surface area contributed by atoms with Gasteiger partial charge in [-0.05, 0) is 47.6 Å². The fraction of sp³-hybridized carbons (Fsp3) is 0.250. The Morgan fingerprint density at radius 1 is 1.15 bits per heavy atom. The molecule has 0 spiro atoms. The van der Waals surface area contributed by atoms with Crippen LogP contribution in [0.5, 0.6) is 0 Å². The van der Waals surface area contributed by atoms with Gasteiger partial charge in [-0.25, -0.2) is 0 Å². The molecule has 4 heteroatoms. The fourth-order valence-corrected chi connectivity index (χ4v) is 3.30. The van der Waals surface area contributed by atoms with Crippen LogP contribution in [-0.4, -0.2) is 0 Å². The smallest absolute Gasteiger partial charge is 0.0514 e. The van der Waals surface area contributed by atoms with Crippen molar-refractivity contribution in [3.63, 3.8) is 0 Å². The Morgan fingerprint density at radius 2 is 1.90 bits per heavy atom. The van der Waals surface area contributed by atoms with Crippen molar-refractivity contribution in [2.45, 2.75) is 18.4 Å². The molecular formula is C16H18BrN3. The van der Waals surface area contributed by atoms with E-state index in [1.165, 1.54) is 5.56 Å². The van der Waals surface area contributed by atoms with E-state index < -0.39 is 0 Å². The largest absolute Gasteiger partial charge is 0.398 e. The van der Waals surface area contributed by atoms with Gasteiger partial charge >= 0.3 is 0 Å². The van der Waals surface area contributed by atoms with Crippen molar-refractivity contribution in [3.8, 4) is 0 Å². The van der Waals surface area contributed by atoms with Gasteiger partial charge in [0.2, 0.25) is 0 Å². The second-order valence-corrected chi connectivity index (χ2v) is 6.25. The second kappa shape index (κ2) is 5.56. The minimum Gasteiger partial charge on any atom is -0.398 e. The first-order valence-corrected chi connectivity index (χ1v) is 7.56. The zero-order valence-corrected chi connectivity index (χ0v) is 12.7. The molecule has 2 aromatic carbocycles. The maximum absolute atomic E-state index is 6.10. The normalized spacial score (nSPS) is 22.5. The molecule has 1 saturated carbocycles. The van der Waals surface area contributed by atoms with Crippen molar-refractivity contribution in [3.05, 3.63) is 64.1 Å². The molecule has 2 aromatic rings. The summed E-state index contributed by atoms with van der Waals surface area (Å²) in [6.45, 7) is 0. The van der Waals surface area contributed by atoms with Crippen LogP contribution in [0.15, 0.2) is 53.0 Å². The summed E-state index contributed by atoms with van der Waals surface area (Å²) in [5, 5.41) is 0. The molecule has 0 saturated heterocycles. The topological polar surface area (TPSA) is 64.1 Å². The zero-order chi connectivity index (χ0) is 14.1. The third-order valence-corrected chi connectivity index (χ3v) is 4.55. The van der Waals surface area contributed by atoms with Gasteiger partial charge in [-0.3, -0.25) is 11.3 Å². The van der Waals surface area contributed by atoms with Crippen LogP contribution in [0.3, 0.4) is 0 Å². The number of hydrazine groups is 1. The van der Waals surface area contributed by atoms with Gasteiger partial charge in [0.05, 0.1) is 6.04 Å². The molecule has 0 aromatic heterocycles. The zero-order valence-electron chi connectivity index (χ0n) is 11.1. The van der Waals surface area contributed by atoms with E-state index in [0.717, 1.165) is 22.1 Å². The summed E-state index contributed by atoms with van der Waals surface area (Å²) in [7, 11) is 0. The third kappa shape index (κ3) is 2.59. The standard InChI is InChI=1S/C16H18BrN3/c17-11-6-7-15(18)14(8-11)16(20-19)13-9-12(13)10-4-2-1-3-5-10/h1-8,12-13,16,20H,9,18-19H2. The molecule has 0 aliphatic heterocycles. The molecule has 0 amide bonds. The number of nitrogens with one attached hydrogen (secondary N) is 1. The summed E-state index contributed by atoms with van der Waals surface area (Å²) < 4.78 is 1.03. The Morgan fingerprint density at radius 3 is 2.60 bits per heavy atom. The first-order chi connectivity index (χ1) is 9.70. The molecule has 0 radical (unpaired) electrons. The average Bonchev–Trinajstić information content (AvgIpc) is 3.25. The minimum absolute atomic E-state index is 0.0951. The van der Waals surface area contributed by atoms with Crippen molar-refractivity contribution in [1.82, 2.24) is 5.43 Å². The number of halogens is 1. The van der Waals surface area contributed by atoms with Crippen LogP contribution in [0, 0.1) is 5.92 Å². The van der Waals surface area contributed by atoms with Crippen molar-refractivity contribution in [2.75, 3.05) is 5.73 Å². The van der Waals surface area contributed by atoms with Crippen LogP contribution in [0.1, 0.15) is 29.5 Å². The maximum atomic E-state index is 6.10. The molecule has 3 atom stereocenters. The molecule has 0 bridgehead atoms. The summed E-state index contributed by atoms with van der Waals surface area (Å²) in [5.41, 5.74) is 12.3. The molecule has 1 aliphatic rings. The molecule has 1 fully saturated rings. The van der Waals surface area contributed by atoms with Gasteiger partial charge in [-0.1, -0.05) is 46.3 Å². The van der Waals surface area contributed by atoms with Gasteiger partial charge < -0.3 is 5.73 Å². The lowest BCUT2D eigenvalue weighted by Crippen LogP contribution is -2.30. The number of hydrogen-bond donors (Lipinski definition) is 3. The Kier molecular flexibility index (Phi) is 3.78. The summed E-state index contributed by atoms with van der Waals surface area (Å²) in [5.74, 6) is 6.85. The molecule has 20 heavy (non-hydrogen) atoms. The highest BCUT2D eigenvalue weighted by Crippen LogP contribution is 2.54. The van der Waals surface area contributed by atoms with Gasteiger partial charge in [-0.15, -0.1) is 0 Å². The highest BCUT2D eigenvalue weighted by molar-refractivity contribution is 9.10. The van der Waals surface area contributed by atoms with Crippen LogP contribution in [0.4, 0.5) is 5.69 Å². The van der Waals surface area contributed by atoms with E-state index in [9.17, 15) is 0 Å². The van der Waals surface area contributed by atoms with E-state index in [2.05, 4.69) is 51.7 Å². The molecule has 5 N–H and O–H groups in total. The van der Waals surface area contributed by atoms with Crippen LogP contribution >= 0.6 is 15.9 Å². The first kappa shape index (κ1) is 13.6. The summed E-state index contributed by atoms with van der Waals surface area (Å²) >= 11 is 3.50. The summed E-state index contributed by atoms with van der Waals surface area (Å²) in [4.78, 5) is 0. The first-order valence-electron chi connectivity index (χ1n) is 6.76. The van der Waals surface area contributed by atoms with Crippen molar-refractivity contribution in [2.24, 2.45) is 11.8 Å². The lowest BCUT2D eigenvalue weighted by atomic mass is 9.98. The second-order valence-electron chi connectivity index (χ2n) is 5.33. The van der Waals surface area contributed by atoms with Crippen LogP contribution < -0.4 is 17.0 Å². The van der Waals surface area contributed by atoms with E-state index in [-0.39, 0.29) is 6.04 Å². The van der Waals surface area contributed by atoms with E-state index in [4.69, 9.17) is 11.6 Å². The van der Waals surface area contributed by atoms with E-state index in [0.29, 0.717) is 11.8 Å². The predicted octanol–water partition coefficient (Wildman–Crippen LogP) is 3.34. The Labute approximate surface area is 127 Å². The van der Waals surface area contributed by atoms with E-state index in [1.54, 1.807) is 0 Å². The minimum atomic E-state index is 0.0951. The molecule has 3 rings (SSSR count). The Hall–Kier alpha value is -1.36. The van der Waals surface area contributed by atoms with Crippen LogP contribution in [-0.2, 0) is 0 Å². The molecular weight excluding hydrogens is 314 g/mol. The molecule has 1 aliphatic carbocycles. The average molecular weight is 332 g/mol. The summed E-state index contributed by atoms with van der Waals surface area (Å²) in [6, 6.07) is 16.6. The van der Waals surface area contributed by atoms with E-state index in [1.807, 2.05) is 18.2 Å². The number of rotatable bonds is 4. The molecule has 0 heterocycles. The predicted molar refractivity (Wildman–Crippen MR) is 85.9 cm³/mol. The lowest BCUT2D eigenvalue weighted by Gasteiger charge is -2.19. The van der Waals surface area contributed by atoms with Crippen molar-refractivity contribution in [1.29, 1.82) is 0 Å². The quantitative estimate of drug-likeness (QED) is 0.457. The van der Waals surface area contributed by atoms with Crippen molar-refractivity contribution >= 4 is 21.6 Å².